The van der Waals surface area contributed by atoms with Gasteiger partial charge in [0.05, 0.1) is 18.2 Å². The number of nitrogens with zero attached hydrogens (tertiary/aromatic N) is 1. The average Bonchev–Trinajstić information content (AvgIpc) is 2.89. The van der Waals surface area contributed by atoms with Crippen LogP contribution < -0.4 is 10.5 Å². The van der Waals surface area contributed by atoms with E-state index in [1.165, 1.54) is 0 Å². The molecule has 90 valence electrons. The highest BCUT2D eigenvalue weighted by molar-refractivity contribution is 5.21. The van der Waals surface area contributed by atoms with Gasteiger partial charge in [-0.25, -0.2) is 0 Å². The van der Waals surface area contributed by atoms with Crippen LogP contribution in [0.25, 0.3) is 0 Å². The van der Waals surface area contributed by atoms with Crippen molar-refractivity contribution in [3.05, 3.63) is 48.2 Å². The second-order valence-electron chi connectivity index (χ2n) is 3.80. The van der Waals surface area contributed by atoms with Crippen molar-refractivity contribution in [1.82, 2.24) is 4.98 Å². The van der Waals surface area contributed by atoms with Gasteiger partial charge in [-0.15, -0.1) is 0 Å². The molecule has 0 fully saturated rings. The lowest BCUT2D eigenvalue weighted by molar-refractivity contribution is 0.269. The number of pyridine rings is 1. The Kier molecular flexibility index (Phi) is 3.77. The van der Waals surface area contributed by atoms with E-state index < -0.39 is 0 Å². The van der Waals surface area contributed by atoms with Crippen LogP contribution in [0.2, 0.25) is 0 Å². The molecule has 0 aliphatic heterocycles. The maximum Gasteiger partial charge on any atom is 0.146 e. The molecule has 0 aromatic carbocycles. The van der Waals surface area contributed by atoms with Crippen LogP contribution in [0.15, 0.2) is 41.1 Å². The summed E-state index contributed by atoms with van der Waals surface area (Å²) in [4.78, 5) is 4.27. The van der Waals surface area contributed by atoms with Gasteiger partial charge in [0.2, 0.25) is 0 Å². The minimum absolute atomic E-state index is 0.00544. The summed E-state index contributed by atoms with van der Waals surface area (Å²) in [5, 5.41) is 0. The predicted molar refractivity (Wildman–Crippen MR) is 64.5 cm³/mol. The molecule has 0 saturated heterocycles. The summed E-state index contributed by atoms with van der Waals surface area (Å²) in [6.07, 6.45) is 4.19. The van der Waals surface area contributed by atoms with Crippen molar-refractivity contribution in [1.29, 1.82) is 0 Å². The van der Waals surface area contributed by atoms with Crippen molar-refractivity contribution in [3.8, 4) is 5.75 Å². The van der Waals surface area contributed by atoms with E-state index in [-0.39, 0.29) is 6.04 Å². The molecular formula is C13H16N2O2. The highest BCUT2D eigenvalue weighted by Crippen LogP contribution is 2.16. The molecular weight excluding hydrogens is 216 g/mol. The third-order valence-electron chi connectivity index (χ3n) is 2.54. The number of hydrogen-bond donors (Lipinski definition) is 1. The number of hydrogen-bond acceptors (Lipinski definition) is 4. The van der Waals surface area contributed by atoms with Crippen molar-refractivity contribution in [3.63, 3.8) is 0 Å². The molecule has 4 nitrogen and oxygen atoms in total. The van der Waals surface area contributed by atoms with Crippen LogP contribution in [0.4, 0.5) is 0 Å². The Labute approximate surface area is 100 Å². The normalized spacial score (nSPS) is 12.4. The first-order chi connectivity index (χ1) is 8.29. The van der Waals surface area contributed by atoms with Crippen molar-refractivity contribution >= 4 is 0 Å². The molecule has 2 N–H and O–H groups in total. The lowest BCUT2D eigenvalue weighted by Gasteiger charge is -2.09. The van der Waals surface area contributed by atoms with E-state index in [2.05, 4.69) is 4.98 Å². The SMILES string of the molecule is CCC(N)c1ccc(OCc2ccco2)cn1. The lowest BCUT2D eigenvalue weighted by atomic mass is 10.1. The van der Waals surface area contributed by atoms with Gasteiger partial charge in [0.15, 0.2) is 0 Å². The summed E-state index contributed by atoms with van der Waals surface area (Å²) in [6, 6.07) is 7.47. The molecule has 0 aliphatic rings. The van der Waals surface area contributed by atoms with Gasteiger partial charge in [-0.3, -0.25) is 4.98 Å². The summed E-state index contributed by atoms with van der Waals surface area (Å²) < 4.78 is 10.7. The molecule has 2 rings (SSSR count). The first kappa shape index (κ1) is 11.7. The van der Waals surface area contributed by atoms with Crippen molar-refractivity contribution in [2.45, 2.75) is 26.0 Å². The van der Waals surface area contributed by atoms with Crippen LogP contribution in [0, 0.1) is 0 Å². The number of nitrogens with two attached hydrogens (primary N) is 1. The molecule has 0 spiro atoms. The second-order valence-corrected chi connectivity index (χ2v) is 3.80. The molecule has 0 bridgehead atoms. The van der Waals surface area contributed by atoms with E-state index in [0.29, 0.717) is 12.4 Å². The number of aromatic nitrogens is 1. The van der Waals surface area contributed by atoms with Gasteiger partial charge >= 0.3 is 0 Å². The molecule has 0 aliphatic carbocycles. The minimum Gasteiger partial charge on any atom is -0.484 e. The zero-order valence-electron chi connectivity index (χ0n) is 9.80. The summed E-state index contributed by atoms with van der Waals surface area (Å²) in [5.74, 6) is 1.51. The molecule has 2 aromatic heterocycles. The molecule has 0 radical (unpaired) electrons. The predicted octanol–water partition coefficient (Wildman–Crippen LogP) is 2.66. The van der Waals surface area contributed by atoms with Crippen molar-refractivity contribution in [2.24, 2.45) is 5.73 Å². The van der Waals surface area contributed by atoms with Gasteiger partial charge in [-0.2, -0.15) is 0 Å². The summed E-state index contributed by atoms with van der Waals surface area (Å²) in [6.45, 7) is 2.45. The minimum atomic E-state index is -0.00544. The van der Waals surface area contributed by atoms with Gasteiger partial charge in [-0.1, -0.05) is 6.92 Å². The molecule has 1 unspecified atom stereocenters. The maximum atomic E-state index is 5.88. The third kappa shape index (κ3) is 3.07. The fourth-order valence-electron chi connectivity index (χ4n) is 1.45. The molecule has 1 atom stereocenters. The molecule has 17 heavy (non-hydrogen) atoms. The molecule has 4 heteroatoms. The van der Waals surface area contributed by atoms with Crippen molar-refractivity contribution in [2.75, 3.05) is 0 Å². The lowest BCUT2D eigenvalue weighted by Crippen LogP contribution is -2.10. The zero-order valence-corrected chi connectivity index (χ0v) is 9.80. The van der Waals surface area contributed by atoms with E-state index in [9.17, 15) is 0 Å². The Morgan fingerprint density at radius 2 is 2.29 bits per heavy atom. The Morgan fingerprint density at radius 1 is 1.41 bits per heavy atom. The topological polar surface area (TPSA) is 61.3 Å². The Morgan fingerprint density at radius 3 is 2.88 bits per heavy atom. The highest BCUT2D eigenvalue weighted by Gasteiger charge is 2.05. The third-order valence-corrected chi connectivity index (χ3v) is 2.54. The quantitative estimate of drug-likeness (QED) is 0.860. The van der Waals surface area contributed by atoms with Crippen LogP contribution in [-0.4, -0.2) is 4.98 Å². The Hall–Kier alpha value is -1.81. The maximum absolute atomic E-state index is 5.88. The van der Waals surface area contributed by atoms with E-state index in [0.717, 1.165) is 17.9 Å². The summed E-state index contributed by atoms with van der Waals surface area (Å²) >= 11 is 0. The second kappa shape index (κ2) is 5.50. The molecule has 0 saturated carbocycles. The van der Waals surface area contributed by atoms with Crippen LogP contribution in [-0.2, 0) is 6.61 Å². The summed E-state index contributed by atoms with van der Waals surface area (Å²) in [7, 11) is 0. The van der Waals surface area contributed by atoms with E-state index in [4.69, 9.17) is 14.9 Å². The first-order valence-corrected chi connectivity index (χ1v) is 5.66. The van der Waals surface area contributed by atoms with Crippen LogP contribution in [0.5, 0.6) is 5.75 Å². The number of ether oxygens (including phenoxy) is 1. The smallest absolute Gasteiger partial charge is 0.146 e. The van der Waals surface area contributed by atoms with E-state index >= 15 is 0 Å². The van der Waals surface area contributed by atoms with Gasteiger partial charge in [0.1, 0.15) is 18.1 Å². The van der Waals surface area contributed by atoms with Gasteiger partial charge < -0.3 is 14.9 Å². The first-order valence-electron chi connectivity index (χ1n) is 5.66. The largest absolute Gasteiger partial charge is 0.484 e. The van der Waals surface area contributed by atoms with Gasteiger partial charge in [-0.05, 0) is 30.7 Å². The zero-order chi connectivity index (χ0) is 12.1. The fourth-order valence-corrected chi connectivity index (χ4v) is 1.45. The van der Waals surface area contributed by atoms with E-state index in [1.54, 1.807) is 12.5 Å². The molecule has 2 heterocycles. The average molecular weight is 232 g/mol. The van der Waals surface area contributed by atoms with Crippen LogP contribution in [0.1, 0.15) is 30.8 Å². The number of furan rings is 1. The molecule has 0 amide bonds. The number of rotatable bonds is 5. The summed E-state index contributed by atoms with van der Waals surface area (Å²) in [5.41, 5.74) is 6.76. The fraction of sp³-hybridized carbons (Fsp3) is 0.308. The Balaban J connectivity index is 1.94. The van der Waals surface area contributed by atoms with Crippen LogP contribution >= 0.6 is 0 Å². The van der Waals surface area contributed by atoms with Crippen molar-refractivity contribution < 1.29 is 9.15 Å². The monoisotopic (exact) mass is 232 g/mol. The Bertz CT molecular complexity index is 437. The van der Waals surface area contributed by atoms with Crippen LogP contribution in [0.3, 0.4) is 0 Å². The highest BCUT2D eigenvalue weighted by atomic mass is 16.5. The standard InChI is InChI=1S/C13H16N2O2/c1-2-12(14)13-6-5-10(8-15-13)17-9-11-4-3-7-16-11/h3-8,12H,2,9,14H2,1H3. The van der Waals surface area contributed by atoms with Gasteiger partial charge in [0, 0.05) is 6.04 Å². The van der Waals surface area contributed by atoms with Gasteiger partial charge in [0.25, 0.3) is 0 Å². The molecule has 2 aromatic rings. The van der Waals surface area contributed by atoms with E-state index in [1.807, 2.05) is 31.2 Å².